The summed E-state index contributed by atoms with van der Waals surface area (Å²) in [5.74, 6) is 0.785. The number of nitrogens with zero attached hydrogens (tertiary/aromatic N) is 1. The molecule has 0 amide bonds. The van der Waals surface area contributed by atoms with Crippen molar-refractivity contribution in [3.8, 4) is 11.3 Å². The number of hydrogen-bond donors (Lipinski definition) is 1. The van der Waals surface area contributed by atoms with E-state index in [-0.39, 0.29) is 17.8 Å². The van der Waals surface area contributed by atoms with E-state index in [1.54, 1.807) is 12.3 Å². The van der Waals surface area contributed by atoms with Crippen molar-refractivity contribution in [1.82, 2.24) is 4.98 Å². The molecule has 0 spiro atoms. The van der Waals surface area contributed by atoms with Crippen molar-refractivity contribution in [2.75, 3.05) is 0 Å². The van der Waals surface area contributed by atoms with Crippen LogP contribution in [-0.4, -0.2) is 10.1 Å². The average molecular weight is 249 g/mol. The second-order valence-corrected chi connectivity index (χ2v) is 5.24. The van der Waals surface area contributed by atoms with Gasteiger partial charge in [-0.15, -0.1) is 0 Å². The number of halogens is 1. The van der Waals surface area contributed by atoms with Gasteiger partial charge in [-0.2, -0.15) is 0 Å². The molecular weight excluding hydrogens is 233 g/mol. The van der Waals surface area contributed by atoms with Crippen molar-refractivity contribution in [3.63, 3.8) is 0 Å². The molecule has 3 nitrogen and oxygen atoms in total. The first-order valence-electron chi connectivity index (χ1n) is 5.78. The van der Waals surface area contributed by atoms with Crippen LogP contribution in [0.15, 0.2) is 28.8 Å². The maximum Gasteiger partial charge on any atom is 0.200 e. The lowest BCUT2D eigenvalue weighted by atomic mass is 9.97. The Labute approximate surface area is 105 Å². The van der Waals surface area contributed by atoms with Crippen LogP contribution in [0.3, 0.4) is 0 Å². The summed E-state index contributed by atoms with van der Waals surface area (Å²) in [5.41, 5.74) is 0.978. The molecule has 2 rings (SSSR count). The van der Waals surface area contributed by atoms with Crippen LogP contribution in [0.4, 0.5) is 4.39 Å². The lowest BCUT2D eigenvalue weighted by molar-refractivity contribution is 0.281. The Kier molecular flexibility index (Phi) is 3.22. The summed E-state index contributed by atoms with van der Waals surface area (Å²) in [5, 5.41) is 9.24. The van der Waals surface area contributed by atoms with Gasteiger partial charge in [0.1, 0.15) is 5.82 Å². The van der Waals surface area contributed by atoms with Crippen molar-refractivity contribution in [3.05, 3.63) is 41.7 Å². The first kappa shape index (κ1) is 12.8. The van der Waals surface area contributed by atoms with E-state index in [0.29, 0.717) is 22.8 Å². The highest BCUT2D eigenvalue weighted by Gasteiger charge is 2.21. The zero-order valence-corrected chi connectivity index (χ0v) is 10.7. The Bertz CT molecular complexity index is 555. The van der Waals surface area contributed by atoms with Gasteiger partial charge in [0.15, 0.2) is 11.7 Å². The van der Waals surface area contributed by atoms with E-state index in [0.717, 1.165) is 0 Å². The fraction of sp³-hybridized carbons (Fsp3) is 0.357. The lowest BCUT2D eigenvalue weighted by Crippen LogP contribution is -2.10. The summed E-state index contributed by atoms with van der Waals surface area (Å²) in [4.78, 5) is 4.22. The number of benzene rings is 1. The fourth-order valence-electron chi connectivity index (χ4n) is 1.68. The smallest absolute Gasteiger partial charge is 0.200 e. The molecule has 18 heavy (non-hydrogen) atoms. The molecule has 0 aliphatic carbocycles. The van der Waals surface area contributed by atoms with Gasteiger partial charge in [0.2, 0.25) is 0 Å². The number of oxazole rings is 1. The maximum absolute atomic E-state index is 13.1. The van der Waals surface area contributed by atoms with Crippen LogP contribution in [0.1, 0.15) is 32.2 Å². The Morgan fingerprint density at radius 1 is 1.33 bits per heavy atom. The third-order valence-electron chi connectivity index (χ3n) is 2.65. The second-order valence-electron chi connectivity index (χ2n) is 5.24. The van der Waals surface area contributed by atoms with Crippen molar-refractivity contribution in [1.29, 1.82) is 0 Å². The van der Waals surface area contributed by atoms with Gasteiger partial charge in [-0.25, -0.2) is 9.37 Å². The first-order chi connectivity index (χ1) is 8.41. The Balaban J connectivity index is 2.46. The molecule has 2 aromatic rings. The van der Waals surface area contributed by atoms with E-state index < -0.39 is 0 Å². The molecule has 0 radical (unpaired) electrons. The van der Waals surface area contributed by atoms with Gasteiger partial charge in [-0.3, -0.25) is 0 Å². The predicted octanol–water partition coefficient (Wildman–Crippen LogP) is 3.27. The summed E-state index contributed by atoms with van der Waals surface area (Å²) < 4.78 is 18.8. The van der Waals surface area contributed by atoms with Gasteiger partial charge < -0.3 is 9.52 Å². The molecule has 0 saturated carbocycles. The Morgan fingerprint density at radius 3 is 2.61 bits per heavy atom. The Hall–Kier alpha value is -1.68. The average Bonchev–Trinajstić information content (AvgIpc) is 2.77. The van der Waals surface area contributed by atoms with Gasteiger partial charge in [0, 0.05) is 11.0 Å². The summed E-state index contributed by atoms with van der Waals surface area (Å²) in [6.45, 7) is 5.76. The van der Waals surface area contributed by atoms with Crippen LogP contribution < -0.4 is 0 Å². The minimum Gasteiger partial charge on any atom is -0.440 e. The maximum atomic E-state index is 13.1. The molecule has 0 saturated heterocycles. The molecule has 0 aliphatic heterocycles. The number of aliphatic hydroxyl groups is 1. The zero-order chi connectivity index (χ0) is 13.3. The summed E-state index contributed by atoms with van der Waals surface area (Å²) in [7, 11) is 0. The molecule has 0 unspecified atom stereocenters. The fourth-order valence-corrected chi connectivity index (χ4v) is 1.68. The third-order valence-corrected chi connectivity index (χ3v) is 2.65. The highest BCUT2D eigenvalue weighted by Crippen LogP contribution is 2.29. The molecule has 0 aliphatic rings. The molecule has 0 fully saturated rings. The molecule has 4 heteroatoms. The molecule has 1 aromatic carbocycles. The zero-order valence-electron chi connectivity index (χ0n) is 10.7. The van der Waals surface area contributed by atoms with E-state index in [2.05, 4.69) is 4.98 Å². The third kappa shape index (κ3) is 2.43. The lowest BCUT2D eigenvalue weighted by Gasteiger charge is -2.12. The monoisotopic (exact) mass is 249 g/mol. The highest BCUT2D eigenvalue weighted by atomic mass is 19.1. The quantitative estimate of drug-likeness (QED) is 0.888. The number of aromatic nitrogens is 1. The van der Waals surface area contributed by atoms with Gasteiger partial charge in [0.25, 0.3) is 0 Å². The van der Waals surface area contributed by atoms with Crippen LogP contribution in [0.5, 0.6) is 0 Å². The number of aliphatic hydroxyl groups excluding tert-OH is 1. The first-order valence-corrected chi connectivity index (χ1v) is 5.78. The standard InChI is InChI=1S/C14H16FNO2/c1-14(2,3)13-16-7-12(18-13)11-5-4-10(15)6-9(11)8-17/h4-7,17H,8H2,1-3H3. The van der Waals surface area contributed by atoms with Crippen molar-refractivity contribution in [2.24, 2.45) is 0 Å². The van der Waals surface area contributed by atoms with Crippen molar-refractivity contribution < 1.29 is 13.9 Å². The summed E-state index contributed by atoms with van der Waals surface area (Å²) in [6, 6.07) is 4.23. The predicted molar refractivity (Wildman–Crippen MR) is 66.5 cm³/mol. The van der Waals surface area contributed by atoms with Crippen LogP contribution >= 0.6 is 0 Å². The normalized spacial score (nSPS) is 11.8. The topological polar surface area (TPSA) is 46.3 Å². The van der Waals surface area contributed by atoms with Crippen LogP contribution in [0, 0.1) is 5.82 Å². The van der Waals surface area contributed by atoms with E-state index in [4.69, 9.17) is 4.42 Å². The van der Waals surface area contributed by atoms with Crippen LogP contribution in [0.25, 0.3) is 11.3 Å². The molecule has 1 heterocycles. The molecule has 1 N–H and O–H groups in total. The van der Waals surface area contributed by atoms with Gasteiger partial charge >= 0.3 is 0 Å². The molecule has 0 bridgehead atoms. The van der Waals surface area contributed by atoms with Gasteiger partial charge in [0.05, 0.1) is 12.8 Å². The van der Waals surface area contributed by atoms with Crippen molar-refractivity contribution in [2.45, 2.75) is 32.8 Å². The van der Waals surface area contributed by atoms with Crippen LogP contribution in [-0.2, 0) is 12.0 Å². The van der Waals surface area contributed by atoms with E-state index in [1.807, 2.05) is 20.8 Å². The molecule has 1 aromatic heterocycles. The van der Waals surface area contributed by atoms with Gasteiger partial charge in [-0.1, -0.05) is 20.8 Å². The second kappa shape index (κ2) is 4.53. The Morgan fingerprint density at radius 2 is 2.06 bits per heavy atom. The summed E-state index contributed by atoms with van der Waals surface area (Å²) in [6.07, 6.45) is 1.60. The number of rotatable bonds is 2. The van der Waals surface area contributed by atoms with E-state index in [9.17, 15) is 9.50 Å². The highest BCUT2D eigenvalue weighted by molar-refractivity contribution is 5.61. The van der Waals surface area contributed by atoms with E-state index >= 15 is 0 Å². The molecular formula is C14H16FNO2. The largest absolute Gasteiger partial charge is 0.440 e. The SMILES string of the molecule is CC(C)(C)c1ncc(-c2ccc(F)cc2CO)o1. The molecule has 0 atom stereocenters. The minimum atomic E-state index is -0.377. The number of hydrogen-bond acceptors (Lipinski definition) is 3. The van der Waals surface area contributed by atoms with Crippen molar-refractivity contribution >= 4 is 0 Å². The summed E-state index contributed by atoms with van der Waals surface area (Å²) >= 11 is 0. The van der Waals surface area contributed by atoms with E-state index in [1.165, 1.54) is 12.1 Å². The minimum absolute atomic E-state index is 0.183. The van der Waals surface area contributed by atoms with Gasteiger partial charge in [-0.05, 0) is 23.8 Å². The van der Waals surface area contributed by atoms with Crippen LogP contribution in [0.2, 0.25) is 0 Å². The molecule has 96 valence electrons.